The maximum Gasteiger partial charge on any atom is 0.337 e. The van der Waals surface area contributed by atoms with Gasteiger partial charge >= 0.3 is 12.0 Å². The van der Waals surface area contributed by atoms with E-state index in [1.165, 1.54) is 24.3 Å². The van der Waals surface area contributed by atoms with Gasteiger partial charge in [0.25, 0.3) is 0 Å². The molecule has 0 saturated heterocycles. The Labute approximate surface area is 187 Å². The minimum atomic E-state index is -0.943. The Morgan fingerprint density at radius 2 is 1.84 bits per heavy atom. The van der Waals surface area contributed by atoms with Crippen LogP contribution in [0.25, 0.3) is 0 Å². The van der Waals surface area contributed by atoms with Crippen LogP contribution in [0.3, 0.4) is 0 Å². The number of carbonyl (C=O) groups excluding carboxylic acids is 3. The summed E-state index contributed by atoms with van der Waals surface area (Å²) in [6.07, 6.45) is 0. The van der Waals surface area contributed by atoms with Gasteiger partial charge in [-0.1, -0.05) is 47.6 Å². The molecule has 0 spiro atoms. The summed E-state index contributed by atoms with van der Waals surface area (Å²) in [4.78, 5) is 37.7. The first kappa shape index (κ1) is 22.6. The molecule has 1 heterocycles. The van der Waals surface area contributed by atoms with E-state index in [1.807, 2.05) is 0 Å². The number of para-hydroxylation sites is 1. The van der Waals surface area contributed by atoms with Crippen LogP contribution in [0, 0.1) is 5.82 Å². The molecule has 7 nitrogen and oxygen atoms in total. The molecule has 0 fully saturated rings. The van der Waals surface area contributed by atoms with E-state index in [-0.39, 0.29) is 17.2 Å². The number of amides is 3. The summed E-state index contributed by atoms with van der Waals surface area (Å²) in [6.45, 7) is 1.76. The van der Waals surface area contributed by atoms with Crippen molar-refractivity contribution in [3.8, 4) is 0 Å². The highest BCUT2D eigenvalue weighted by molar-refractivity contribution is 8.04. The summed E-state index contributed by atoms with van der Waals surface area (Å²) in [7, 11) is 0. The van der Waals surface area contributed by atoms with Crippen molar-refractivity contribution in [3.63, 3.8) is 0 Å². The molecule has 4 N–H and O–H groups in total. The van der Waals surface area contributed by atoms with Crippen LogP contribution in [0.4, 0.5) is 14.9 Å². The maximum absolute atomic E-state index is 13.4. The lowest BCUT2D eigenvalue weighted by Gasteiger charge is -2.21. The van der Waals surface area contributed by atoms with Crippen LogP contribution in [0.5, 0.6) is 0 Å². The van der Waals surface area contributed by atoms with Crippen LogP contribution in [-0.4, -0.2) is 29.8 Å². The molecule has 2 aromatic rings. The first-order valence-electron chi connectivity index (χ1n) is 9.27. The van der Waals surface area contributed by atoms with Crippen molar-refractivity contribution in [1.82, 2.24) is 5.32 Å². The third kappa shape index (κ3) is 5.18. The zero-order valence-corrected chi connectivity index (χ0v) is 17.9. The normalized spacial score (nSPS) is 17.9. The number of benzene rings is 2. The van der Waals surface area contributed by atoms with E-state index >= 15 is 0 Å². The van der Waals surface area contributed by atoms with Crippen LogP contribution >= 0.6 is 23.4 Å². The van der Waals surface area contributed by atoms with Gasteiger partial charge < -0.3 is 15.8 Å². The third-order valence-corrected chi connectivity index (χ3v) is 6.02. The Hall–Kier alpha value is -3.04. The van der Waals surface area contributed by atoms with Gasteiger partial charge in [0.15, 0.2) is 0 Å². The molecule has 31 heavy (non-hydrogen) atoms. The summed E-state index contributed by atoms with van der Waals surface area (Å²) in [5, 5.41) is 4.21. The summed E-state index contributed by atoms with van der Waals surface area (Å²) in [5.74, 6) is -2.63. The number of nitrogens with one attached hydrogen (secondary N) is 2. The Kier molecular flexibility index (Phi) is 7.19. The average molecular weight is 464 g/mol. The highest BCUT2D eigenvalue weighted by Crippen LogP contribution is 2.46. The number of hydrogen-bond acceptors (Lipinski definition) is 6. The van der Waals surface area contributed by atoms with E-state index in [9.17, 15) is 18.8 Å². The van der Waals surface area contributed by atoms with Crippen LogP contribution < -0.4 is 16.4 Å². The molecule has 0 aromatic heterocycles. The topological polar surface area (TPSA) is 111 Å². The van der Waals surface area contributed by atoms with Crippen molar-refractivity contribution in [2.45, 2.75) is 18.1 Å². The van der Waals surface area contributed by atoms with Crippen molar-refractivity contribution < 1.29 is 23.5 Å². The van der Waals surface area contributed by atoms with Crippen LogP contribution in [0.15, 0.2) is 59.1 Å². The van der Waals surface area contributed by atoms with Gasteiger partial charge in [-0.15, -0.1) is 0 Å². The molecule has 162 valence electrons. The quantitative estimate of drug-likeness (QED) is 0.582. The second-order valence-corrected chi connectivity index (χ2v) is 8.08. The van der Waals surface area contributed by atoms with Crippen LogP contribution in [-0.2, 0) is 14.3 Å². The van der Waals surface area contributed by atoms with Crippen molar-refractivity contribution in [2.75, 3.05) is 11.9 Å². The number of rotatable bonds is 5. The lowest BCUT2D eigenvalue weighted by atomic mass is 9.88. The van der Waals surface area contributed by atoms with Gasteiger partial charge in [0.2, 0.25) is 5.91 Å². The lowest BCUT2D eigenvalue weighted by molar-refractivity contribution is -0.138. The molecule has 0 aliphatic carbocycles. The SMILES string of the molecule is CCOC(=O)C1=C(N)SC(C(=O)NC(=O)Nc2ccccc2Cl)C1c1ccc(F)cc1. The lowest BCUT2D eigenvalue weighted by Crippen LogP contribution is -2.41. The van der Waals surface area contributed by atoms with Crippen molar-refractivity contribution in [2.24, 2.45) is 5.73 Å². The number of halogens is 2. The Bertz CT molecular complexity index is 1050. The summed E-state index contributed by atoms with van der Waals surface area (Å²) in [6, 6.07) is 11.1. The fraction of sp³-hybridized carbons (Fsp3) is 0.190. The minimum Gasteiger partial charge on any atom is -0.463 e. The predicted molar refractivity (Wildman–Crippen MR) is 117 cm³/mol. The molecular weight excluding hydrogens is 445 g/mol. The first-order valence-corrected chi connectivity index (χ1v) is 10.5. The zero-order valence-electron chi connectivity index (χ0n) is 16.4. The number of urea groups is 1. The zero-order chi connectivity index (χ0) is 22.5. The fourth-order valence-electron chi connectivity index (χ4n) is 3.12. The molecule has 2 atom stereocenters. The number of thioether (sulfide) groups is 1. The largest absolute Gasteiger partial charge is 0.463 e. The highest BCUT2D eigenvalue weighted by atomic mass is 35.5. The third-order valence-electron chi connectivity index (χ3n) is 4.47. The van der Waals surface area contributed by atoms with Gasteiger partial charge in [-0.25, -0.2) is 14.0 Å². The van der Waals surface area contributed by atoms with E-state index < -0.39 is 34.9 Å². The summed E-state index contributed by atoms with van der Waals surface area (Å²) >= 11 is 6.95. The second kappa shape index (κ2) is 9.84. The first-order chi connectivity index (χ1) is 14.8. The highest BCUT2D eigenvalue weighted by Gasteiger charge is 2.44. The molecule has 2 unspecified atom stereocenters. The van der Waals surface area contributed by atoms with E-state index in [2.05, 4.69) is 10.6 Å². The smallest absolute Gasteiger partial charge is 0.337 e. The number of hydrogen-bond donors (Lipinski definition) is 3. The van der Waals surface area contributed by atoms with Gasteiger partial charge in [-0.3, -0.25) is 10.1 Å². The Morgan fingerprint density at radius 3 is 2.48 bits per heavy atom. The molecule has 0 radical (unpaired) electrons. The Balaban J connectivity index is 1.83. The van der Waals surface area contributed by atoms with Crippen molar-refractivity contribution in [1.29, 1.82) is 0 Å². The molecule has 1 aliphatic rings. The van der Waals surface area contributed by atoms with Crippen LogP contribution in [0.2, 0.25) is 5.02 Å². The van der Waals surface area contributed by atoms with Gasteiger partial charge in [-0.05, 0) is 36.8 Å². The molecule has 0 saturated carbocycles. The average Bonchev–Trinajstić information content (AvgIpc) is 3.08. The Morgan fingerprint density at radius 1 is 1.16 bits per heavy atom. The second-order valence-electron chi connectivity index (χ2n) is 6.49. The number of nitrogens with two attached hydrogens (primary N) is 1. The van der Waals surface area contributed by atoms with Gasteiger partial charge in [0.05, 0.1) is 27.9 Å². The number of imide groups is 1. The van der Waals surface area contributed by atoms with Crippen LogP contribution in [0.1, 0.15) is 18.4 Å². The van der Waals surface area contributed by atoms with Crippen molar-refractivity contribution in [3.05, 3.63) is 75.5 Å². The van der Waals surface area contributed by atoms with Gasteiger partial charge in [0, 0.05) is 5.92 Å². The minimum absolute atomic E-state index is 0.102. The van der Waals surface area contributed by atoms with E-state index in [4.69, 9.17) is 22.1 Å². The van der Waals surface area contributed by atoms with E-state index in [1.54, 1.807) is 31.2 Å². The molecule has 3 amide bonds. The maximum atomic E-state index is 13.4. The fourth-order valence-corrected chi connectivity index (χ4v) is 4.51. The van der Waals surface area contributed by atoms with Crippen molar-refractivity contribution >= 4 is 47.0 Å². The number of anilines is 1. The monoisotopic (exact) mass is 463 g/mol. The molecular formula is C21H19ClFN3O4S. The van der Waals surface area contributed by atoms with E-state index in [0.29, 0.717) is 16.3 Å². The van der Waals surface area contributed by atoms with Gasteiger partial charge in [0.1, 0.15) is 11.1 Å². The molecule has 10 heteroatoms. The molecule has 3 rings (SSSR count). The predicted octanol–water partition coefficient (Wildman–Crippen LogP) is 3.76. The standard InChI is InChI=1S/C21H19ClFN3O4S/c1-2-30-20(28)16-15(11-7-9-12(23)10-8-11)17(31-18(16)24)19(27)26-21(29)25-14-6-4-3-5-13(14)22/h3-10,15,17H,2,24H2,1H3,(H2,25,26,27,29). The number of carbonyl (C=O) groups is 3. The summed E-state index contributed by atoms with van der Waals surface area (Å²) in [5.41, 5.74) is 6.96. The van der Waals surface area contributed by atoms with E-state index in [0.717, 1.165) is 11.8 Å². The molecule has 0 bridgehead atoms. The summed E-state index contributed by atoms with van der Waals surface area (Å²) < 4.78 is 18.5. The molecule has 1 aliphatic heterocycles. The number of ether oxygens (including phenoxy) is 1. The molecule has 2 aromatic carbocycles. The number of esters is 1. The van der Waals surface area contributed by atoms with Gasteiger partial charge in [-0.2, -0.15) is 0 Å².